The van der Waals surface area contributed by atoms with Gasteiger partial charge in [-0.3, -0.25) is 4.79 Å². The van der Waals surface area contributed by atoms with Gasteiger partial charge < -0.3 is 9.88 Å². The lowest BCUT2D eigenvalue weighted by molar-refractivity contribution is 0.635. The third-order valence-corrected chi connectivity index (χ3v) is 5.65. The zero-order valence-corrected chi connectivity index (χ0v) is 12.8. The zero-order chi connectivity index (χ0) is 14.2. The van der Waals surface area contributed by atoms with Crippen LogP contribution in [0.4, 0.5) is 5.69 Å². The highest BCUT2D eigenvalue weighted by molar-refractivity contribution is 8.00. The summed E-state index contributed by atoms with van der Waals surface area (Å²) in [6.45, 7) is 3.22. The van der Waals surface area contributed by atoms with E-state index in [2.05, 4.69) is 18.3 Å². The summed E-state index contributed by atoms with van der Waals surface area (Å²) in [6.07, 6.45) is 2.54. The Balaban J connectivity index is 1.95. The zero-order valence-electron chi connectivity index (χ0n) is 12.0. The molecule has 3 rings (SSSR count). The Labute approximate surface area is 123 Å². The van der Waals surface area contributed by atoms with Crippen LogP contribution >= 0.6 is 11.8 Å². The van der Waals surface area contributed by atoms with Crippen molar-refractivity contribution in [3.8, 4) is 0 Å². The molecule has 1 aliphatic rings. The molecule has 4 heteroatoms. The number of nitrogens with one attached hydrogen (secondary N) is 1. The van der Waals surface area contributed by atoms with Gasteiger partial charge in [0.1, 0.15) is 0 Å². The van der Waals surface area contributed by atoms with Gasteiger partial charge in [-0.05, 0) is 31.6 Å². The van der Waals surface area contributed by atoms with Gasteiger partial charge in [0.15, 0.2) is 0 Å². The molecular formula is C16H20N2OS. The molecule has 1 atom stereocenters. The van der Waals surface area contributed by atoms with Crippen molar-refractivity contribution in [3.05, 3.63) is 40.7 Å². The largest absolute Gasteiger partial charge is 0.383 e. The lowest BCUT2D eigenvalue weighted by atomic mass is 10.1. The average Bonchev–Trinajstić information content (AvgIpc) is 2.89. The van der Waals surface area contributed by atoms with E-state index in [4.69, 9.17) is 0 Å². The van der Waals surface area contributed by atoms with E-state index in [0.717, 1.165) is 23.1 Å². The highest BCUT2D eigenvalue weighted by atomic mass is 32.2. The molecule has 0 spiro atoms. The average molecular weight is 288 g/mol. The number of hydrogen-bond donors (Lipinski definition) is 1. The summed E-state index contributed by atoms with van der Waals surface area (Å²) in [6, 6.07) is 9.77. The van der Waals surface area contributed by atoms with Crippen LogP contribution in [-0.2, 0) is 7.05 Å². The number of aromatic nitrogens is 1. The Kier molecular flexibility index (Phi) is 3.50. The van der Waals surface area contributed by atoms with E-state index in [1.165, 1.54) is 18.6 Å². The third-order valence-electron chi connectivity index (χ3n) is 4.11. The number of aryl methyl sites for hydroxylation is 1. The van der Waals surface area contributed by atoms with E-state index >= 15 is 0 Å². The molecule has 1 saturated heterocycles. The van der Waals surface area contributed by atoms with Crippen LogP contribution in [0.2, 0.25) is 0 Å². The smallest absolute Gasteiger partial charge is 0.252 e. The summed E-state index contributed by atoms with van der Waals surface area (Å²) in [5.41, 5.74) is 1.97. The van der Waals surface area contributed by atoms with Gasteiger partial charge in [0.2, 0.25) is 0 Å². The third kappa shape index (κ3) is 2.44. The Morgan fingerprint density at radius 1 is 1.40 bits per heavy atom. The Bertz CT molecular complexity index is 686. The number of para-hydroxylation sites is 1. The fourth-order valence-corrected chi connectivity index (χ4v) is 4.06. The van der Waals surface area contributed by atoms with Gasteiger partial charge in [0.05, 0.1) is 5.52 Å². The standard InChI is InChI=1S/C16H20N2OS/c1-16(8-5-9-20-16)11-17-13-10-15(19)18(2)14-7-4-3-6-12(13)14/h3-4,6-7,10,17H,5,8-9,11H2,1-2H3. The number of rotatable bonds is 3. The van der Waals surface area contributed by atoms with E-state index < -0.39 is 0 Å². The quantitative estimate of drug-likeness (QED) is 0.941. The minimum atomic E-state index is 0.0374. The molecular weight excluding hydrogens is 268 g/mol. The predicted molar refractivity (Wildman–Crippen MR) is 87.8 cm³/mol. The van der Waals surface area contributed by atoms with Crippen molar-refractivity contribution in [3.63, 3.8) is 0 Å². The van der Waals surface area contributed by atoms with Gasteiger partial charge >= 0.3 is 0 Å². The number of hydrogen-bond acceptors (Lipinski definition) is 3. The second kappa shape index (κ2) is 5.17. The highest BCUT2D eigenvalue weighted by Gasteiger charge is 2.29. The normalized spacial score (nSPS) is 22.3. The van der Waals surface area contributed by atoms with Crippen molar-refractivity contribution in [2.24, 2.45) is 7.05 Å². The van der Waals surface area contributed by atoms with Gasteiger partial charge in [-0.25, -0.2) is 0 Å². The van der Waals surface area contributed by atoms with Gasteiger partial charge in [0, 0.05) is 35.5 Å². The molecule has 0 saturated carbocycles. The lowest BCUT2D eigenvalue weighted by Gasteiger charge is -2.24. The van der Waals surface area contributed by atoms with Crippen LogP contribution in [0.5, 0.6) is 0 Å². The van der Waals surface area contributed by atoms with E-state index in [1.54, 1.807) is 10.6 Å². The molecule has 1 aromatic heterocycles. The van der Waals surface area contributed by atoms with Crippen LogP contribution in [0, 0.1) is 0 Å². The number of benzene rings is 1. The molecule has 1 aliphatic heterocycles. The maximum Gasteiger partial charge on any atom is 0.252 e. The summed E-state index contributed by atoms with van der Waals surface area (Å²) < 4.78 is 1.99. The fourth-order valence-electron chi connectivity index (χ4n) is 2.82. The molecule has 20 heavy (non-hydrogen) atoms. The van der Waals surface area contributed by atoms with Crippen LogP contribution in [0.25, 0.3) is 10.9 Å². The molecule has 2 aromatic rings. The number of thioether (sulfide) groups is 1. The van der Waals surface area contributed by atoms with Crippen LogP contribution < -0.4 is 10.9 Å². The molecule has 0 aliphatic carbocycles. The number of anilines is 1. The van der Waals surface area contributed by atoms with Crippen LogP contribution in [0.3, 0.4) is 0 Å². The van der Waals surface area contributed by atoms with E-state index in [-0.39, 0.29) is 5.56 Å². The lowest BCUT2D eigenvalue weighted by Crippen LogP contribution is -2.28. The van der Waals surface area contributed by atoms with Gasteiger partial charge in [-0.1, -0.05) is 18.2 Å². The summed E-state index contributed by atoms with van der Waals surface area (Å²) in [7, 11) is 1.82. The maximum atomic E-state index is 12.0. The first-order valence-electron chi connectivity index (χ1n) is 7.06. The van der Waals surface area contributed by atoms with Gasteiger partial charge in [0.25, 0.3) is 5.56 Å². The van der Waals surface area contributed by atoms with E-state index in [0.29, 0.717) is 4.75 Å². The van der Waals surface area contributed by atoms with Crippen molar-refractivity contribution < 1.29 is 0 Å². The predicted octanol–water partition coefficient (Wildman–Crippen LogP) is 3.24. The Morgan fingerprint density at radius 2 is 2.20 bits per heavy atom. The van der Waals surface area contributed by atoms with Crippen LogP contribution in [0.1, 0.15) is 19.8 Å². The van der Waals surface area contributed by atoms with Crippen LogP contribution in [-0.4, -0.2) is 21.6 Å². The van der Waals surface area contributed by atoms with E-state index in [9.17, 15) is 4.79 Å². The molecule has 0 radical (unpaired) electrons. The van der Waals surface area contributed by atoms with Crippen molar-refractivity contribution >= 4 is 28.4 Å². The van der Waals surface area contributed by atoms with Crippen molar-refractivity contribution in [2.75, 3.05) is 17.6 Å². The summed E-state index contributed by atoms with van der Waals surface area (Å²) in [5, 5.41) is 4.62. The van der Waals surface area contributed by atoms with Gasteiger partial charge in [-0.2, -0.15) is 11.8 Å². The SMILES string of the molecule is Cn1c(=O)cc(NCC2(C)CCCS2)c2ccccc21. The first kappa shape index (κ1) is 13.6. The molecule has 2 heterocycles. The monoisotopic (exact) mass is 288 g/mol. The molecule has 3 nitrogen and oxygen atoms in total. The molecule has 0 amide bonds. The minimum Gasteiger partial charge on any atom is -0.383 e. The summed E-state index contributed by atoms with van der Waals surface area (Å²) in [5.74, 6) is 1.25. The summed E-state index contributed by atoms with van der Waals surface area (Å²) in [4.78, 5) is 12.0. The first-order chi connectivity index (χ1) is 9.59. The maximum absolute atomic E-state index is 12.0. The van der Waals surface area contributed by atoms with Gasteiger partial charge in [-0.15, -0.1) is 0 Å². The fraction of sp³-hybridized carbons (Fsp3) is 0.438. The van der Waals surface area contributed by atoms with Crippen LogP contribution in [0.15, 0.2) is 35.1 Å². The Morgan fingerprint density at radius 3 is 2.95 bits per heavy atom. The number of nitrogens with zero attached hydrogens (tertiary/aromatic N) is 1. The Hall–Kier alpha value is -1.42. The highest BCUT2D eigenvalue weighted by Crippen LogP contribution is 2.38. The molecule has 1 aromatic carbocycles. The molecule has 1 fully saturated rings. The molecule has 1 unspecified atom stereocenters. The first-order valence-corrected chi connectivity index (χ1v) is 8.04. The van der Waals surface area contributed by atoms with Crippen molar-refractivity contribution in [1.82, 2.24) is 4.57 Å². The summed E-state index contributed by atoms with van der Waals surface area (Å²) >= 11 is 2.03. The van der Waals surface area contributed by atoms with Crippen molar-refractivity contribution in [1.29, 1.82) is 0 Å². The van der Waals surface area contributed by atoms with E-state index in [1.807, 2.05) is 37.0 Å². The topological polar surface area (TPSA) is 34.0 Å². The number of pyridine rings is 1. The minimum absolute atomic E-state index is 0.0374. The molecule has 0 bridgehead atoms. The second-order valence-corrected chi connectivity index (χ2v) is 7.41. The number of fused-ring (bicyclic) bond motifs is 1. The van der Waals surface area contributed by atoms with Crippen molar-refractivity contribution in [2.45, 2.75) is 24.5 Å². The molecule has 106 valence electrons. The molecule has 1 N–H and O–H groups in total. The second-order valence-electron chi connectivity index (χ2n) is 5.73.